The lowest BCUT2D eigenvalue weighted by Gasteiger charge is -2.20. The zero-order valence-corrected chi connectivity index (χ0v) is 19.1. The van der Waals surface area contributed by atoms with E-state index in [9.17, 15) is 22.4 Å². The zero-order chi connectivity index (χ0) is 23.5. The monoisotopic (exact) mass is 454 g/mol. The van der Waals surface area contributed by atoms with Crippen molar-refractivity contribution >= 4 is 27.7 Å². The number of benzene rings is 1. The van der Waals surface area contributed by atoms with Crippen LogP contribution in [0.15, 0.2) is 23.2 Å². The van der Waals surface area contributed by atoms with Crippen molar-refractivity contribution in [3.05, 3.63) is 40.8 Å². The van der Waals surface area contributed by atoms with Gasteiger partial charge < -0.3 is 10.1 Å². The summed E-state index contributed by atoms with van der Waals surface area (Å²) in [5.74, 6) is -1.42. The first-order valence-electron chi connectivity index (χ1n) is 9.75. The van der Waals surface area contributed by atoms with E-state index in [0.29, 0.717) is 16.8 Å². The predicted molar refractivity (Wildman–Crippen MR) is 113 cm³/mol. The fraction of sp³-hybridized carbons (Fsp3) is 0.450. The van der Waals surface area contributed by atoms with Gasteiger partial charge in [-0.3, -0.25) is 4.68 Å². The molecule has 0 radical (unpaired) electrons. The molecule has 11 heteroatoms. The number of anilines is 1. The van der Waals surface area contributed by atoms with Gasteiger partial charge in [-0.25, -0.2) is 18.7 Å². The smallest absolute Gasteiger partial charge is 0.356 e. The maximum absolute atomic E-state index is 14.0. The molecule has 170 valence electrons. The Hall–Kier alpha value is -2.95. The van der Waals surface area contributed by atoms with E-state index in [2.05, 4.69) is 10.4 Å². The van der Waals surface area contributed by atoms with Gasteiger partial charge in [-0.2, -0.15) is 13.5 Å². The molecule has 2 aromatic rings. The summed E-state index contributed by atoms with van der Waals surface area (Å²) in [4.78, 5) is 24.4. The molecule has 0 unspecified atom stereocenters. The Balaban J connectivity index is 2.33. The summed E-state index contributed by atoms with van der Waals surface area (Å²) >= 11 is 0. The molecule has 0 aliphatic heterocycles. The molecule has 0 bridgehead atoms. The molecule has 0 aliphatic rings. The van der Waals surface area contributed by atoms with Gasteiger partial charge in [0, 0.05) is 18.8 Å². The highest BCUT2D eigenvalue weighted by atomic mass is 32.2. The molecule has 0 aliphatic carbocycles. The van der Waals surface area contributed by atoms with Crippen LogP contribution in [0.1, 0.15) is 68.1 Å². The number of esters is 1. The van der Waals surface area contributed by atoms with Crippen molar-refractivity contribution in [3.63, 3.8) is 0 Å². The zero-order valence-electron chi connectivity index (χ0n) is 18.3. The van der Waals surface area contributed by atoms with Gasteiger partial charge in [-0.15, -0.1) is 0 Å². The molecular weight excluding hydrogens is 427 g/mol. The summed E-state index contributed by atoms with van der Waals surface area (Å²) in [6, 6.07) is 2.61. The van der Waals surface area contributed by atoms with Crippen LogP contribution < -0.4 is 10.0 Å². The van der Waals surface area contributed by atoms with Crippen LogP contribution in [0.4, 0.5) is 14.9 Å². The lowest BCUT2D eigenvalue weighted by molar-refractivity contribution is 0.0513. The number of ether oxygens (including phenoxy) is 1. The molecule has 1 aromatic heterocycles. The summed E-state index contributed by atoms with van der Waals surface area (Å²) in [5.41, 5.74) is 1.36. The van der Waals surface area contributed by atoms with Crippen LogP contribution >= 0.6 is 0 Å². The second kappa shape index (κ2) is 9.46. The lowest BCUT2D eigenvalue weighted by atomic mass is 9.92. The maximum atomic E-state index is 14.0. The van der Waals surface area contributed by atoms with Crippen molar-refractivity contribution in [2.24, 2.45) is 7.05 Å². The number of urea groups is 1. The molecule has 0 atom stereocenters. The van der Waals surface area contributed by atoms with E-state index in [-0.39, 0.29) is 24.1 Å². The first-order valence-corrected chi connectivity index (χ1v) is 11.2. The maximum Gasteiger partial charge on any atom is 0.356 e. The molecule has 1 aromatic carbocycles. The average molecular weight is 455 g/mol. The highest BCUT2D eigenvalue weighted by Gasteiger charge is 2.26. The minimum absolute atomic E-state index is 0.0784. The Morgan fingerprint density at radius 3 is 2.16 bits per heavy atom. The predicted octanol–water partition coefficient (Wildman–Crippen LogP) is 3.49. The summed E-state index contributed by atoms with van der Waals surface area (Å²) < 4.78 is 47.1. The van der Waals surface area contributed by atoms with Crippen molar-refractivity contribution in [2.75, 3.05) is 11.9 Å². The number of carbonyl (C=O) groups is 2. The standard InChI is InChI=1S/C20H27FN4O5S/c1-7-30-19(26)16-10-17(23-25(16)6)31(28,29)24-20(27)22-18-14(11(2)3)8-13(21)9-15(18)12(4)5/h8-12H,7H2,1-6H3,(H2,22,24,27). The number of hydrogen-bond acceptors (Lipinski definition) is 6. The number of nitrogens with zero attached hydrogens (tertiary/aromatic N) is 2. The third-order valence-electron chi connectivity index (χ3n) is 4.49. The van der Waals surface area contributed by atoms with Crippen LogP contribution in [-0.4, -0.2) is 36.8 Å². The summed E-state index contributed by atoms with van der Waals surface area (Å²) in [6.45, 7) is 9.07. The normalized spacial score (nSPS) is 11.6. The van der Waals surface area contributed by atoms with Crippen molar-refractivity contribution in [3.8, 4) is 0 Å². The molecule has 0 saturated heterocycles. The lowest BCUT2D eigenvalue weighted by Crippen LogP contribution is -2.35. The fourth-order valence-corrected chi connectivity index (χ4v) is 3.88. The largest absolute Gasteiger partial charge is 0.461 e. The third kappa shape index (κ3) is 5.60. The highest BCUT2D eigenvalue weighted by molar-refractivity contribution is 7.90. The van der Waals surface area contributed by atoms with Crippen LogP contribution in [0.2, 0.25) is 0 Å². The Labute approximate surface area is 181 Å². The topological polar surface area (TPSA) is 119 Å². The van der Waals surface area contributed by atoms with E-state index in [1.807, 2.05) is 32.4 Å². The number of aromatic nitrogens is 2. The number of hydrogen-bond donors (Lipinski definition) is 2. The Morgan fingerprint density at radius 1 is 1.13 bits per heavy atom. The van der Waals surface area contributed by atoms with Gasteiger partial charge >= 0.3 is 12.0 Å². The number of amides is 2. The van der Waals surface area contributed by atoms with Crippen LogP contribution in [0.5, 0.6) is 0 Å². The molecule has 0 spiro atoms. The molecule has 0 saturated carbocycles. The third-order valence-corrected chi connectivity index (χ3v) is 5.70. The second-order valence-corrected chi connectivity index (χ2v) is 9.17. The fourth-order valence-electron chi connectivity index (χ4n) is 2.99. The van der Waals surface area contributed by atoms with Gasteiger partial charge in [-0.1, -0.05) is 27.7 Å². The van der Waals surface area contributed by atoms with Crippen molar-refractivity contribution in [1.82, 2.24) is 14.5 Å². The summed E-state index contributed by atoms with van der Waals surface area (Å²) in [5, 5.41) is 5.81. The van der Waals surface area contributed by atoms with E-state index >= 15 is 0 Å². The van der Waals surface area contributed by atoms with E-state index in [0.717, 1.165) is 10.7 Å². The molecule has 9 nitrogen and oxygen atoms in total. The quantitative estimate of drug-likeness (QED) is 0.618. The Bertz CT molecular complexity index is 1060. The van der Waals surface area contributed by atoms with Gasteiger partial charge in [0.15, 0.2) is 5.03 Å². The number of sulfonamides is 1. The average Bonchev–Trinajstić information content (AvgIpc) is 3.05. The van der Waals surface area contributed by atoms with Gasteiger partial charge in [0.05, 0.1) is 6.61 Å². The SMILES string of the molecule is CCOC(=O)c1cc(S(=O)(=O)NC(=O)Nc2c(C(C)C)cc(F)cc2C(C)C)nn1C. The molecule has 1 heterocycles. The van der Waals surface area contributed by atoms with Crippen LogP contribution in [0, 0.1) is 5.82 Å². The van der Waals surface area contributed by atoms with Crippen LogP contribution in [0.25, 0.3) is 0 Å². The van der Waals surface area contributed by atoms with Gasteiger partial charge in [0.2, 0.25) is 0 Å². The molecule has 2 amide bonds. The summed E-state index contributed by atoms with van der Waals surface area (Å²) in [7, 11) is -3.00. The van der Waals surface area contributed by atoms with Crippen LogP contribution in [0.3, 0.4) is 0 Å². The van der Waals surface area contributed by atoms with E-state index in [4.69, 9.17) is 4.74 Å². The molecule has 0 fully saturated rings. The summed E-state index contributed by atoms with van der Waals surface area (Å²) in [6.07, 6.45) is 0. The molecule has 31 heavy (non-hydrogen) atoms. The Kier molecular flexibility index (Phi) is 7.42. The highest BCUT2D eigenvalue weighted by Crippen LogP contribution is 2.33. The number of rotatable bonds is 7. The number of halogens is 1. The number of nitrogens with one attached hydrogen (secondary N) is 2. The van der Waals surface area contributed by atoms with Gasteiger partial charge in [-0.05, 0) is 42.0 Å². The minimum Gasteiger partial charge on any atom is -0.461 e. The molecular formula is C20H27FN4O5S. The van der Waals surface area contributed by atoms with Crippen molar-refractivity contribution in [2.45, 2.75) is 51.5 Å². The first kappa shape index (κ1) is 24.3. The minimum atomic E-state index is -4.38. The van der Waals surface area contributed by atoms with E-state index in [1.54, 1.807) is 6.92 Å². The van der Waals surface area contributed by atoms with E-state index < -0.39 is 32.9 Å². The molecule has 2 rings (SSSR count). The van der Waals surface area contributed by atoms with Crippen LogP contribution in [-0.2, 0) is 21.8 Å². The number of aryl methyl sites for hydroxylation is 1. The molecule has 2 N–H and O–H groups in total. The number of carbonyl (C=O) groups excluding carboxylic acids is 2. The van der Waals surface area contributed by atoms with Gasteiger partial charge in [0.1, 0.15) is 11.5 Å². The van der Waals surface area contributed by atoms with Crippen molar-refractivity contribution < 1.29 is 27.1 Å². The van der Waals surface area contributed by atoms with Crippen molar-refractivity contribution in [1.29, 1.82) is 0 Å². The first-order chi connectivity index (χ1) is 14.4. The Morgan fingerprint density at radius 2 is 1.68 bits per heavy atom. The van der Waals surface area contributed by atoms with E-state index in [1.165, 1.54) is 19.2 Å². The van der Waals surface area contributed by atoms with Gasteiger partial charge in [0.25, 0.3) is 10.0 Å². The second-order valence-electron chi connectivity index (χ2n) is 7.54.